The van der Waals surface area contributed by atoms with Crippen LogP contribution in [0.5, 0.6) is 0 Å². The largest absolute Gasteiger partial charge is 0.462 e. The van der Waals surface area contributed by atoms with Crippen LogP contribution in [0, 0.1) is 0 Å². The molecule has 6 heteroatoms. The average molecular weight is 781 g/mol. The van der Waals surface area contributed by atoms with Crippen molar-refractivity contribution >= 4 is 17.9 Å². The number of ether oxygens (including phenoxy) is 3. The normalized spacial score (nSPS) is 12.7. The lowest BCUT2D eigenvalue weighted by atomic mass is 10.1. The maximum Gasteiger partial charge on any atom is 0.306 e. The summed E-state index contributed by atoms with van der Waals surface area (Å²) < 4.78 is 16.6. The Morgan fingerprint density at radius 2 is 0.768 bits per heavy atom. The third-order valence-corrected chi connectivity index (χ3v) is 9.44. The molecule has 0 spiro atoms. The summed E-state index contributed by atoms with van der Waals surface area (Å²) in [5, 5.41) is 0. The van der Waals surface area contributed by atoms with Gasteiger partial charge in [0.15, 0.2) is 6.10 Å². The minimum absolute atomic E-state index is 0.101. The van der Waals surface area contributed by atoms with Crippen LogP contribution in [0.2, 0.25) is 0 Å². The van der Waals surface area contributed by atoms with Crippen molar-refractivity contribution in [3.63, 3.8) is 0 Å². The highest BCUT2D eigenvalue weighted by Gasteiger charge is 2.19. The van der Waals surface area contributed by atoms with E-state index in [4.69, 9.17) is 14.2 Å². The van der Waals surface area contributed by atoms with Crippen LogP contribution >= 0.6 is 0 Å². The second-order valence-electron chi connectivity index (χ2n) is 14.9. The Kier molecular flexibility index (Phi) is 42.1. The second-order valence-corrected chi connectivity index (χ2v) is 14.9. The number of esters is 3. The zero-order valence-corrected chi connectivity index (χ0v) is 36.4. The SMILES string of the molecule is CC/C=C\C/C=C\C/C=C\CCCC(=O)OCC(COC(=O)CCCCCCCC/C=C\C=C/CCCCC)OC(=O)CCCCCCC/C=C\CCCCC. The van der Waals surface area contributed by atoms with Crippen molar-refractivity contribution in [3.8, 4) is 0 Å². The second kappa shape index (κ2) is 44.6. The number of rotatable bonds is 40. The van der Waals surface area contributed by atoms with Gasteiger partial charge in [0.25, 0.3) is 0 Å². The van der Waals surface area contributed by atoms with Gasteiger partial charge in [0.2, 0.25) is 0 Å². The van der Waals surface area contributed by atoms with E-state index in [2.05, 4.69) is 93.7 Å². The Labute approximate surface area is 344 Å². The van der Waals surface area contributed by atoms with Crippen LogP contribution in [0.3, 0.4) is 0 Å². The number of hydrogen-bond acceptors (Lipinski definition) is 6. The maximum atomic E-state index is 12.7. The molecular formula is C50H84O6. The summed E-state index contributed by atoms with van der Waals surface area (Å²) in [5.41, 5.74) is 0. The lowest BCUT2D eigenvalue weighted by Crippen LogP contribution is -2.30. The van der Waals surface area contributed by atoms with Gasteiger partial charge in [-0.1, -0.05) is 164 Å². The van der Waals surface area contributed by atoms with Crippen LogP contribution < -0.4 is 0 Å². The Hall–Kier alpha value is -3.15. The minimum atomic E-state index is -0.802. The molecule has 0 radical (unpaired) electrons. The summed E-state index contributed by atoms with van der Waals surface area (Å²) in [6.45, 7) is 6.38. The van der Waals surface area contributed by atoms with Gasteiger partial charge in [-0.2, -0.15) is 0 Å². The van der Waals surface area contributed by atoms with Gasteiger partial charge in [0.1, 0.15) is 13.2 Å². The van der Waals surface area contributed by atoms with E-state index in [0.29, 0.717) is 19.3 Å². The van der Waals surface area contributed by atoms with E-state index in [0.717, 1.165) is 83.5 Å². The molecule has 0 saturated carbocycles. The van der Waals surface area contributed by atoms with Gasteiger partial charge in [-0.15, -0.1) is 0 Å². The highest BCUT2D eigenvalue weighted by Crippen LogP contribution is 2.13. The van der Waals surface area contributed by atoms with Crippen molar-refractivity contribution in [3.05, 3.63) is 72.9 Å². The van der Waals surface area contributed by atoms with Gasteiger partial charge in [0.05, 0.1) is 0 Å². The average Bonchev–Trinajstić information content (AvgIpc) is 3.19. The molecule has 0 rings (SSSR count). The van der Waals surface area contributed by atoms with Crippen LogP contribution in [-0.2, 0) is 28.6 Å². The van der Waals surface area contributed by atoms with E-state index in [1.165, 1.54) is 77.0 Å². The smallest absolute Gasteiger partial charge is 0.306 e. The van der Waals surface area contributed by atoms with Gasteiger partial charge in [-0.05, 0) is 96.3 Å². The molecule has 320 valence electrons. The summed E-state index contributed by atoms with van der Waals surface area (Å²) in [7, 11) is 0. The molecule has 0 aliphatic carbocycles. The van der Waals surface area contributed by atoms with Crippen molar-refractivity contribution < 1.29 is 28.6 Å². The quantitative estimate of drug-likeness (QED) is 0.0203. The Morgan fingerprint density at radius 1 is 0.393 bits per heavy atom. The topological polar surface area (TPSA) is 78.9 Å². The zero-order valence-electron chi connectivity index (χ0n) is 36.4. The zero-order chi connectivity index (χ0) is 40.8. The summed E-state index contributed by atoms with van der Waals surface area (Å²) in [6, 6.07) is 0. The molecule has 1 atom stereocenters. The van der Waals surface area contributed by atoms with Crippen LogP contribution in [0.1, 0.15) is 207 Å². The maximum absolute atomic E-state index is 12.7. The molecule has 0 aromatic rings. The van der Waals surface area contributed by atoms with E-state index in [-0.39, 0.29) is 37.5 Å². The molecule has 0 N–H and O–H groups in total. The molecular weight excluding hydrogens is 697 g/mol. The van der Waals surface area contributed by atoms with Gasteiger partial charge in [-0.3, -0.25) is 14.4 Å². The Bertz CT molecular complexity index is 1080. The summed E-state index contributed by atoms with van der Waals surface area (Å²) in [4.78, 5) is 37.7. The fraction of sp³-hybridized carbons (Fsp3) is 0.700. The summed E-state index contributed by atoms with van der Waals surface area (Å²) >= 11 is 0. The molecule has 0 fully saturated rings. The van der Waals surface area contributed by atoms with Gasteiger partial charge in [-0.25, -0.2) is 0 Å². The first-order valence-electron chi connectivity index (χ1n) is 23.0. The monoisotopic (exact) mass is 781 g/mol. The van der Waals surface area contributed by atoms with Crippen molar-refractivity contribution in [2.24, 2.45) is 0 Å². The number of carbonyl (C=O) groups is 3. The third kappa shape index (κ3) is 42.0. The van der Waals surface area contributed by atoms with E-state index >= 15 is 0 Å². The molecule has 0 aliphatic heterocycles. The van der Waals surface area contributed by atoms with Crippen LogP contribution in [0.25, 0.3) is 0 Å². The molecule has 56 heavy (non-hydrogen) atoms. The van der Waals surface area contributed by atoms with E-state index < -0.39 is 6.10 Å². The third-order valence-electron chi connectivity index (χ3n) is 9.44. The summed E-state index contributed by atoms with van der Waals surface area (Å²) in [5.74, 6) is -0.984. The molecule has 0 aromatic carbocycles. The lowest BCUT2D eigenvalue weighted by Gasteiger charge is -2.18. The number of carbonyl (C=O) groups excluding carboxylic acids is 3. The number of unbranched alkanes of at least 4 members (excludes halogenated alkanes) is 18. The van der Waals surface area contributed by atoms with Crippen LogP contribution in [0.4, 0.5) is 0 Å². The van der Waals surface area contributed by atoms with Crippen molar-refractivity contribution in [2.45, 2.75) is 213 Å². The first-order chi connectivity index (χ1) is 27.5. The minimum Gasteiger partial charge on any atom is -0.462 e. The number of allylic oxidation sites excluding steroid dienone is 12. The van der Waals surface area contributed by atoms with E-state index in [1.54, 1.807) is 0 Å². The van der Waals surface area contributed by atoms with E-state index in [1.807, 2.05) is 0 Å². The van der Waals surface area contributed by atoms with E-state index in [9.17, 15) is 14.4 Å². The van der Waals surface area contributed by atoms with Gasteiger partial charge in [0, 0.05) is 19.3 Å². The Morgan fingerprint density at radius 3 is 1.29 bits per heavy atom. The van der Waals surface area contributed by atoms with Crippen LogP contribution in [-0.4, -0.2) is 37.2 Å². The summed E-state index contributed by atoms with van der Waals surface area (Å²) in [6.07, 6.45) is 54.6. The molecule has 0 bridgehead atoms. The fourth-order valence-corrected chi connectivity index (χ4v) is 5.98. The molecule has 0 amide bonds. The Balaban J connectivity index is 4.46. The molecule has 0 aliphatic rings. The fourth-order valence-electron chi connectivity index (χ4n) is 5.98. The van der Waals surface area contributed by atoms with Gasteiger partial charge >= 0.3 is 17.9 Å². The highest BCUT2D eigenvalue weighted by molar-refractivity contribution is 5.71. The van der Waals surface area contributed by atoms with Gasteiger partial charge < -0.3 is 14.2 Å². The molecule has 0 aromatic heterocycles. The lowest BCUT2D eigenvalue weighted by molar-refractivity contribution is -0.167. The number of hydrogen-bond donors (Lipinski definition) is 0. The van der Waals surface area contributed by atoms with Crippen molar-refractivity contribution in [1.29, 1.82) is 0 Å². The predicted octanol–water partition coefficient (Wildman–Crippen LogP) is 14.7. The standard InChI is InChI=1S/C50H84O6/c1-4-7-10-13-16-19-22-24-25-26-29-31-34-37-40-43-49(52)55-46-47(45-54-48(51)42-39-36-33-30-27-21-18-15-12-9-6-3)56-50(53)44-41-38-35-32-28-23-20-17-14-11-8-5-2/h9,12,16-22,24,30,33,47H,4-8,10-11,13-15,23,25-29,31-32,34-46H2,1-3H3/b12-9-,19-16-,20-17-,21-18-,24-22-,33-30-. The first-order valence-corrected chi connectivity index (χ1v) is 23.0. The van der Waals surface area contributed by atoms with Crippen molar-refractivity contribution in [1.82, 2.24) is 0 Å². The molecule has 6 nitrogen and oxygen atoms in total. The molecule has 0 saturated heterocycles. The highest BCUT2D eigenvalue weighted by atomic mass is 16.6. The molecule has 0 heterocycles. The van der Waals surface area contributed by atoms with Crippen LogP contribution in [0.15, 0.2) is 72.9 Å². The molecule has 1 unspecified atom stereocenters. The van der Waals surface area contributed by atoms with Crippen molar-refractivity contribution in [2.75, 3.05) is 13.2 Å². The predicted molar refractivity (Wildman–Crippen MR) is 238 cm³/mol. The first kappa shape index (κ1) is 52.9.